The summed E-state index contributed by atoms with van der Waals surface area (Å²) in [6.07, 6.45) is 0. The summed E-state index contributed by atoms with van der Waals surface area (Å²) in [5.41, 5.74) is 7.20. The molecule has 0 aliphatic carbocycles. The molecule has 0 aliphatic rings. The van der Waals surface area contributed by atoms with E-state index in [4.69, 9.17) is 19.9 Å². The van der Waals surface area contributed by atoms with Crippen molar-refractivity contribution in [2.24, 2.45) is 0 Å². The summed E-state index contributed by atoms with van der Waals surface area (Å²) in [6, 6.07) is 22.9. The van der Waals surface area contributed by atoms with Crippen molar-refractivity contribution >= 4 is 43.6 Å². The molecule has 8 heteroatoms. The van der Waals surface area contributed by atoms with Crippen LogP contribution in [0.1, 0.15) is 33.9 Å². The zero-order chi connectivity index (χ0) is 28.6. The first-order chi connectivity index (χ1) is 19.1. The monoisotopic (exact) mass is 646 g/mol. The van der Waals surface area contributed by atoms with E-state index in [1.54, 1.807) is 0 Å². The third kappa shape index (κ3) is 6.63. The molecule has 5 aromatic rings. The Kier molecular flexibility index (Phi) is 10.5. The molecule has 4 bridgehead atoms. The number of rotatable bonds is 0. The van der Waals surface area contributed by atoms with Crippen LogP contribution in [0.25, 0.3) is 43.6 Å². The van der Waals surface area contributed by atoms with Crippen LogP contribution in [-0.2, 0) is 33.6 Å². The quantitative estimate of drug-likeness (QED) is 0.178. The van der Waals surface area contributed by atoms with Gasteiger partial charge in [0.05, 0.1) is 22.1 Å². The van der Waals surface area contributed by atoms with Crippen molar-refractivity contribution in [2.45, 2.75) is 41.5 Å². The number of aryl methyl sites for hydroxylation is 6. The van der Waals surface area contributed by atoms with E-state index >= 15 is 0 Å². The molecular formula is C34H32Co2N4O2. The van der Waals surface area contributed by atoms with Gasteiger partial charge < -0.3 is 10.2 Å². The number of para-hydroxylation sites is 4. The molecule has 2 N–H and O–H groups in total. The second-order valence-electron chi connectivity index (χ2n) is 10.2. The van der Waals surface area contributed by atoms with Crippen LogP contribution in [-0.4, -0.2) is 30.1 Å². The van der Waals surface area contributed by atoms with Gasteiger partial charge in [0.1, 0.15) is 11.5 Å². The zero-order valence-corrected chi connectivity index (χ0v) is 26.4. The summed E-state index contributed by atoms with van der Waals surface area (Å²) in [6.45, 7) is 11.5. The number of phenolic OH excluding ortho intramolecular Hbond substituents is 2. The number of aromatic nitrogens is 4. The van der Waals surface area contributed by atoms with Crippen LogP contribution >= 0.6 is 0 Å². The van der Waals surface area contributed by atoms with Crippen molar-refractivity contribution in [2.75, 3.05) is 0 Å². The van der Waals surface area contributed by atoms with E-state index in [1.807, 2.05) is 114 Å². The van der Waals surface area contributed by atoms with Gasteiger partial charge in [-0.05, 0) is 101 Å². The van der Waals surface area contributed by atoms with Gasteiger partial charge in [0.15, 0.2) is 0 Å². The first kappa shape index (κ1) is 32.7. The molecule has 4 aromatic carbocycles. The van der Waals surface area contributed by atoms with Crippen molar-refractivity contribution in [1.82, 2.24) is 19.9 Å². The van der Waals surface area contributed by atoms with Gasteiger partial charge in [0, 0.05) is 77.9 Å². The summed E-state index contributed by atoms with van der Waals surface area (Å²) >= 11 is 0. The molecule has 0 aliphatic heterocycles. The van der Waals surface area contributed by atoms with Crippen LogP contribution in [0.2, 0.25) is 0 Å². The van der Waals surface area contributed by atoms with Gasteiger partial charge in [-0.25, -0.2) is 0 Å². The molecule has 5 rings (SSSR count). The number of hydrogen-bond donors (Lipinski definition) is 2. The Hall–Kier alpha value is -3.83. The molecule has 0 unspecified atom stereocenters. The van der Waals surface area contributed by atoms with Crippen LogP contribution < -0.4 is 0 Å². The van der Waals surface area contributed by atoms with Crippen molar-refractivity contribution in [3.63, 3.8) is 0 Å². The zero-order valence-electron chi connectivity index (χ0n) is 24.3. The topological polar surface area (TPSA) is 92.0 Å². The maximum atomic E-state index is 11.4. The van der Waals surface area contributed by atoms with Crippen molar-refractivity contribution in [3.05, 3.63) is 107 Å². The van der Waals surface area contributed by atoms with Gasteiger partial charge in [0.25, 0.3) is 0 Å². The van der Waals surface area contributed by atoms with E-state index in [2.05, 4.69) is 0 Å². The molecule has 0 atom stereocenters. The summed E-state index contributed by atoms with van der Waals surface area (Å²) < 4.78 is 0. The number of phenols is 2. The molecule has 0 amide bonds. The summed E-state index contributed by atoms with van der Waals surface area (Å²) in [5.74, 6) is 0.248. The van der Waals surface area contributed by atoms with Gasteiger partial charge in [-0.15, -0.1) is 0 Å². The van der Waals surface area contributed by atoms with Gasteiger partial charge in [-0.2, -0.15) is 0 Å². The van der Waals surface area contributed by atoms with E-state index in [0.717, 1.165) is 11.1 Å². The smallest absolute Gasteiger partial charge is 0.133 e. The Balaban J connectivity index is 0.00000242. The molecule has 42 heavy (non-hydrogen) atoms. The summed E-state index contributed by atoms with van der Waals surface area (Å²) in [5, 5.41) is 25.3. The predicted molar refractivity (Wildman–Crippen MR) is 163 cm³/mol. The van der Waals surface area contributed by atoms with E-state index in [9.17, 15) is 10.2 Å². The Morgan fingerprint density at radius 2 is 0.619 bits per heavy atom. The SMILES string of the molecule is Cc1cc2c(C)nc3ccccc3nc(C)c3cc(C)cc(c(C)nc4ccccc4nc(C)c(c1)c2O)c3O.[Co].[Co]. The first-order valence-electron chi connectivity index (χ1n) is 13.2. The van der Waals surface area contributed by atoms with Crippen LogP contribution in [0.3, 0.4) is 0 Å². The van der Waals surface area contributed by atoms with E-state index in [-0.39, 0.29) is 45.1 Å². The largest absolute Gasteiger partial charge is 0.507 e. The summed E-state index contributed by atoms with van der Waals surface area (Å²) in [7, 11) is 0. The molecule has 2 radical (unpaired) electrons. The van der Waals surface area contributed by atoms with Gasteiger partial charge >= 0.3 is 0 Å². The Bertz CT molecular complexity index is 1730. The van der Waals surface area contributed by atoms with Gasteiger partial charge in [-0.3, -0.25) is 19.9 Å². The molecule has 0 saturated carbocycles. The molecule has 218 valence electrons. The Morgan fingerprint density at radius 1 is 0.405 bits per heavy atom. The van der Waals surface area contributed by atoms with E-state index < -0.39 is 0 Å². The maximum Gasteiger partial charge on any atom is 0.133 e. The summed E-state index contributed by atoms with van der Waals surface area (Å²) in [4.78, 5) is 19.5. The normalized spacial score (nSPS) is 10.4. The third-order valence-corrected chi connectivity index (χ3v) is 6.98. The van der Waals surface area contributed by atoms with E-state index in [1.165, 1.54) is 0 Å². The number of nitrogens with zero attached hydrogens (tertiary/aromatic N) is 4. The second-order valence-corrected chi connectivity index (χ2v) is 10.2. The molecular weight excluding hydrogens is 614 g/mol. The minimum absolute atomic E-state index is 0. The average molecular weight is 647 g/mol. The molecule has 1 heterocycles. The number of aromatic hydroxyl groups is 2. The van der Waals surface area contributed by atoms with Crippen LogP contribution in [0.4, 0.5) is 0 Å². The minimum Gasteiger partial charge on any atom is -0.507 e. The third-order valence-electron chi connectivity index (χ3n) is 6.98. The fraction of sp³-hybridized carbons (Fsp3) is 0.176. The molecule has 0 spiro atoms. The molecule has 0 saturated heterocycles. The molecule has 1 aromatic heterocycles. The minimum atomic E-state index is 0. The van der Waals surface area contributed by atoms with Crippen LogP contribution in [0.5, 0.6) is 11.5 Å². The fourth-order valence-electron chi connectivity index (χ4n) is 4.93. The molecule has 6 nitrogen and oxygen atoms in total. The fourth-order valence-corrected chi connectivity index (χ4v) is 4.93. The first-order valence-corrected chi connectivity index (χ1v) is 13.2. The van der Waals surface area contributed by atoms with Crippen molar-refractivity contribution in [3.8, 4) is 11.5 Å². The average Bonchev–Trinajstić information content (AvgIpc) is 2.92. The van der Waals surface area contributed by atoms with Crippen molar-refractivity contribution in [1.29, 1.82) is 0 Å². The van der Waals surface area contributed by atoms with Gasteiger partial charge in [0.2, 0.25) is 0 Å². The second kappa shape index (κ2) is 13.4. The predicted octanol–water partition coefficient (Wildman–Crippen LogP) is 7.95. The number of hydrogen-bond acceptors (Lipinski definition) is 6. The molecule has 0 fully saturated rings. The maximum absolute atomic E-state index is 11.4. The van der Waals surface area contributed by atoms with Crippen LogP contribution in [0, 0.1) is 41.5 Å². The number of benzene rings is 4. The number of fused-ring (bicyclic) bond motifs is 6. The van der Waals surface area contributed by atoms with Gasteiger partial charge in [-0.1, -0.05) is 24.3 Å². The Labute approximate surface area is 266 Å². The van der Waals surface area contributed by atoms with Crippen LogP contribution in [0.15, 0.2) is 72.8 Å². The standard InChI is InChI=1S/C34H32N4O2.2Co/c1-19-15-25-21(3)35-29-11-7-9-13-31(29)37-23(5)27-17-20(2)18-28(34(27)40)24(6)38-32-14-10-8-12-30(32)36-22(4)26(16-19)33(25)39;;/h7-18,39-40H,1-6H3;;. The van der Waals surface area contributed by atoms with Crippen molar-refractivity contribution < 1.29 is 43.8 Å². The van der Waals surface area contributed by atoms with E-state index in [0.29, 0.717) is 66.4 Å². The Morgan fingerprint density at radius 3 is 0.833 bits per heavy atom.